The average molecular weight is 298 g/mol. The maximum Gasteiger partial charge on any atom is 0.335 e. The van der Waals surface area contributed by atoms with Gasteiger partial charge in [-0.05, 0) is 41.3 Å². The number of aromatic carboxylic acids is 1. The maximum absolute atomic E-state index is 10.8. The number of carboxylic acids is 1. The van der Waals surface area contributed by atoms with Crippen LogP contribution in [0.3, 0.4) is 0 Å². The lowest BCUT2D eigenvalue weighted by atomic mass is 9.98. The van der Waals surface area contributed by atoms with Crippen molar-refractivity contribution in [1.82, 2.24) is 0 Å². The highest BCUT2D eigenvalue weighted by Gasteiger charge is 2.12. The second-order valence-corrected chi connectivity index (χ2v) is 5.39. The van der Waals surface area contributed by atoms with Crippen LogP contribution in [-0.4, -0.2) is 21.3 Å². The van der Waals surface area contributed by atoms with E-state index in [-0.39, 0.29) is 23.0 Å². The molecular weight excluding hydrogens is 280 g/mol. The van der Waals surface area contributed by atoms with Crippen LogP contribution in [0.15, 0.2) is 36.4 Å². The van der Waals surface area contributed by atoms with E-state index >= 15 is 0 Å². The van der Waals surface area contributed by atoms with Gasteiger partial charge in [0, 0.05) is 5.56 Å². The number of phenols is 2. The summed E-state index contributed by atoms with van der Waals surface area (Å²) in [6.07, 6.45) is 3.54. The largest absolute Gasteiger partial charge is 0.507 e. The Bertz CT molecular complexity index is 689. The highest BCUT2D eigenvalue weighted by atomic mass is 16.4. The van der Waals surface area contributed by atoms with E-state index in [4.69, 9.17) is 5.11 Å². The number of rotatable bonds is 4. The van der Waals surface area contributed by atoms with Crippen LogP contribution in [0.1, 0.15) is 46.8 Å². The molecule has 0 saturated heterocycles. The highest BCUT2D eigenvalue weighted by Crippen LogP contribution is 2.35. The number of hydrogen-bond donors (Lipinski definition) is 3. The summed E-state index contributed by atoms with van der Waals surface area (Å²) in [5, 5.41) is 28.8. The third-order valence-electron chi connectivity index (χ3n) is 3.36. The number of carbonyl (C=O) groups is 1. The summed E-state index contributed by atoms with van der Waals surface area (Å²) < 4.78 is 0. The molecule has 0 fully saturated rings. The first-order valence-electron chi connectivity index (χ1n) is 6.96. The van der Waals surface area contributed by atoms with E-state index in [0.29, 0.717) is 11.1 Å². The van der Waals surface area contributed by atoms with E-state index in [0.717, 1.165) is 5.56 Å². The summed E-state index contributed by atoms with van der Waals surface area (Å²) in [5.41, 5.74) is 2.26. The van der Waals surface area contributed by atoms with Gasteiger partial charge in [0.15, 0.2) is 0 Å². The molecule has 2 aromatic rings. The fourth-order valence-electron chi connectivity index (χ4n) is 2.26. The van der Waals surface area contributed by atoms with Crippen molar-refractivity contribution in [2.24, 2.45) is 0 Å². The molecule has 0 saturated carbocycles. The first kappa shape index (κ1) is 15.6. The molecule has 0 heterocycles. The minimum absolute atomic E-state index is 0.0293. The van der Waals surface area contributed by atoms with Crippen LogP contribution in [-0.2, 0) is 0 Å². The Morgan fingerprint density at radius 3 is 1.91 bits per heavy atom. The van der Waals surface area contributed by atoms with Gasteiger partial charge in [0.2, 0.25) is 0 Å². The van der Waals surface area contributed by atoms with Crippen LogP contribution in [0, 0.1) is 0 Å². The molecule has 0 unspecified atom stereocenters. The Kier molecular flexibility index (Phi) is 4.51. The first-order chi connectivity index (χ1) is 10.4. The normalized spacial score (nSPS) is 11.2. The Morgan fingerprint density at radius 1 is 0.955 bits per heavy atom. The van der Waals surface area contributed by atoms with Gasteiger partial charge >= 0.3 is 5.97 Å². The summed E-state index contributed by atoms with van der Waals surface area (Å²) in [4.78, 5) is 10.8. The second-order valence-electron chi connectivity index (χ2n) is 5.39. The van der Waals surface area contributed by atoms with Crippen molar-refractivity contribution in [3.05, 3.63) is 58.7 Å². The van der Waals surface area contributed by atoms with Gasteiger partial charge in [-0.15, -0.1) is 0 Å². The molecule has 4 nitrogen and oxygen atoms in total. The lowest BCUT2D eigenvalue weighted by molar-refractivity contribution is 0.0697. The molecular formula is C18H18O4. The van der Waals surface area contributed by atoms with Gasteiger partial charge in [0.1, 0.15) is 11.5 Å². The molecule has 2 rings (SSSR count). The van der Waals surface area contributed by atoms with Gasteiger partial charge in [-0.2, -0.15) is 0 Å². The van der Waals surface area contributed by atoms with Gasteiger partial charge in [-0.25, -0.2) is 4.79 Å². The molecule has 0 aliphatic rings. The molecule has 114 valence electrons. The van der Waals surface area contributed by atoms with Crippen molar-refractivity contribution in [2.45, 2.75) is 19.8 Å². The number of benzene rings is 2. The molecule has 2 aromatic carbocycles. The molecule has 0 radical (unpaired) electrons. The van der Waals surface area contributed by atoms with Crippen LogP contribution in [0.2, 0.25) is 0 Å². The highest BCUT2D eigenvalue weighted by molar-refractivity contribution is 5.88. The smallest absolute Gasteiger partial charge is 0.335 e. The number of carboxylic acid groups (broad SMARTS) is 1. The van der Waals surface area contributed by atoms with Crippen molar-refractivity contribution in [3.63, 3.8) is 0 Å². The van der Waals surface area contributed by atoms with E-state index in [1.807, 2.05) is 13.8 Å². The zero-order valence-electron chi connectivity index (χ0n) is 12.4. The molecule has 3 N–H and O–H groups in total. The first-order valence-corrected chi connectivity index (χ1v) is 6.96. The third-order valence-corrected chi connectivity index (χ3v) is 3.36. The molecule has 0 aliphatic carbocycles. The van der Waals surface area contributed by atoms with Crippen molar-refractivity contribution in [3.8, 4) is 11.5 Å². The second kappa shape index (κ2) is 6.35. The van der Waals surface area contributed by atoms with E-state index < -0.39 is 5.97 Å². The van der Waals surface area contributed by atoms with Gasteiger partial charge in [0.25, 0.3) is 0 Å². The summed E-state index contributed by atoms with van der Waals surface area (Å²) in [6, 6.07) is 9.64. The Labute approximate surface area is 129 Å². The number of phenolic OH excluding ortho intramolecular Hbond substituents is 2. The van der Waals surface area contributed by atoms with Crippen molar-refractivity contribution < 1.29 is 20.1 Å². The van der Waals surface area contributed by atoms with Crippen LogP contribution in [0.5, 0.6) is 11.5 Å². The number of hydrogen-bond acceptors (Lipinski definition) is 3. The third kappa shape index (κ3) is 3.47. The maximum atomic E-state index is 10.8. The van der Waals surface area contributed by atoms with E-state index in [9.17, 15) is 15.0 Å². The Balaban J connectivity index is 2.25. The summed E-state index contributed by atoms with van der Waals surface area (Å²) in [7, 11) is 0. The molecule has 22 heavy (non-hydrogen) atoms. The summed E-state index contributed by atoms with van der Waals surface area (Å²) in [5.74, 6) is -0.803. The van der Waals surface area contributed by atoms with Crippen molar-refractivity contribution in [1.29, 1.82) is 0 Å². The quantitative estimate of drug-likeness (QED) is 0.743. The van der Waals surface area contributed by atoms with Crippen LogP contribution in [0.4, 0.5) is 0 Å². The molecule has 0 amide bonds. The Morgan fingerprint density at radius 2 is 1.45 bits per heavy atom. The minimum Gasteiger partial charge on any atom is -0.507 e. The standard InChI is InChI=1S/C18H18O4/c1-11(2)17-15(19)9-13(10-16(17)20)4-3-12-5-7-14(8-6-12)18(21)22/h3-11,19-20H,1-2H3,(H,21,22). The monoisotopic (exact) mass is 298 g/mol. The SMILES string of the molecule is CC(C)c1c(O)cc(C=Cc2ccc(C(=O)O)cc2)cc1O. The van der Waals surface area contributed by atoms with Crippen LogP contribution in [0.25, 0.3) is 12.2 Å². The van der Waals surface area contributed by atoms with E-state index in [1.54, 1.807) is 36.4 Å². The molecule has 4 heteroatoms. The zero-order chi connectivity index (χ0) is 16.3. The van der Waals surface area contributed by atoms with E-state index in [2.05, 4.69) is 0 Å². The molecule has 0 atom stereocenters. The predicted octanol–water partition coefficient (Wildman–Crippen LogP) is 4.09. The van der Waals surface area contributed by atoms with Gasteiger partial charge < -0.3 is 15.3 Å². The fraction of sp³-hybridized carbons (Fsp3) is 0.167. The number of aromatic hydroxyl groups is 2. The molecule has 0 bridgehead atoms. The van der Waals surface area contributed by atoms with E-state index in [1.165, 1.54) is 12.1 Å². The summed E-state index contributed by atoms with van der Waals surface area (Å²) in [6.45, 7) is 3.79. The lowest BCUT2D eigenvalue weighted by Crippen LogP contribution is -1.94. The summed E-state index contributed by atoms with van der Waals surface area (Å²) >= 11 is 0. The van der Waals surface area contributed by atoms with Crippen molar-refractivity contribution >= 4 is 18.1 Å². The van der Waals surface area contributed by atoms with Gasteiger partial charge in [-0.3, -0.25) is 0 Å². The van der Waals surface area contributed by atoms with Crippen molar-refractivity contribution in [2.75, 3.05) is 0 Å². The fourth-order valence-corrected chi connectivity index (χ4v) is 2.26. The molecule has 0 aliphatic heterocycles. The Hall–Kier alpha value is -2.75. The average Bonchev–Trinajstić information content (AvgIpc) is 2.44. The minimum atomic E-state index is -0.963. The van der Waals surface area contributed by atoms with Gasteiger partial charge in [0.05, 0.1) is 5.56 Å². The predicted molar refractivity (Wildman–Crippen MR) is 86.2 cm³/mol. The van der Waals surface area contributed by atoms with Crippen LogP contribution < -0.4 is 0 Å². The van der Waals surface area contributed by atoms with Gasteiger partial charge in [-0.1, -0.05) is 38.1 Å². The zero-order valence-corrected chi connectivity index (χ0v) is 12.4. The topological polar surface area (TPSA) is 77.8 Å². The van der Waals surface area contributed by atoms with Crippen LogP contribution >= 0.6 is 0 Å². The molecule has 0 aromatic heterocycles. The lowest BCUT2D eigenvalue weighted by Gasteiger charge is -2.11. The molecule has 0 spiro atoms.